The molecule has 1 aromatic rings. The molecule has 0 saturated heterocycles. The smallest absolute Gasteiger partial charge is 0.120 e. The quantitative estimate of drug-likeness (QED) is 0.775. The molecule has 2 heteroatoms. The Morgan fingerprint density at radius 1 is 1.43 bits per heavy atom. The van der Waals surface area contributed by atoms with E-state index >= 15 is 0 Å². The molecule has 1 rings (SSSR count). The summed E-state index contributed by atoms with van der Waals surface area (Å²) in [6, 6.07) is 5.59. The van der Waals surface area contributed by atoms with E-state index in [-0.39, 0.29) is 6.04 Å². The summed E-state index contributed by atoms with van der Waals surface area (Å²) in [7, 11) is 0. The minimum atomic E-state index is -0.0689. The van der Waals surface area contributed by atoms with E-state index in [2.05, 4.69) is 13.8 Å². The van der Waals surface area contributed by atoms with Gasteiger partial charge in [0.15, 0.2) is 0 Å². The first-order valence-corrected chi connectivity index (χ1v) is 5.11. The molecule has 14 heavy (non-hydrogen) atoms. The lowest BCUT2D eigenvalue weighted by Crippen LogP contribution is -2.18. The molecule has 0 fully saturated rings. The molecular weight excluding hydrogens is 174 g/mol. The number of hydrogen-bond donors (Lipinski definition) is 2. The van der Waals surface area contributed by atoms with Gasteiger partial charge in [-0.2, -0.15) is 0 Å². The lowest BCUT2D eigenvalue weighted by atomic mass is 9.92. The summed E-state index contributed by atoms with van der Waals surface area (Å²) < 4.78 is 0. The predicted molar refractivity (Wildman–Crippen MR) is 59.2 cm³/mol. The van der Waals surface area contributed by atoms with Crippen LogP contribution in [0, 0.1) is 12.8 Å². The van der Waals surface area contributed by atoms with Crippen molar-refractivity contribution in [3.05, 3.63) is 29.3 Å². The van der Waals surface area contributed by atoms with E-state index < -0.39 is 0 Å². The van der Waals surface area contributed by atoms with Gasteiger partial charge in [-0.3, -0.25) is 0 Å². The summed E-state index contributed by atoms with van der Waals surface area (Å²) in [6.07, 6.45) is 1.02. The van der Waals surface area contributed by atoms with Crippen LogP contribution in [0.1, 0.15) is 37.4 Å². The molecule has 1 unspecified atom stereocenters. The van der Waals surface area contributed by atoms with Gasteiger partial charge in [-0.15, -0.1) is 0 Å². The number of phenolic OH excluding ortho intramolecular Hbond substituents is 1. The Morgan fingerprint density at radius 2 is 2.07 bits per heavy atom. The average molecular weight is 193 g/mol. The van der Waals surface area contributed by atoms with Crippen molar-refractivity contribution in [3.63, 3.8) is 0 Å². The van der Waals surface area contributed by atoms with Crippen molar-refractivity contribution < 1.29 is 5.11 Å². The number of aryl methyl sites for hydroxylation is 1. The fourth-order valence-electron chi connectivity index (χ4n) is 1.50. The van der Waals surface area contributed by atoms with E-state index in [1.54, 1.807) is 6.07 Å². The maximum atomic E-state index is 9.73. The first kappa shape index (κ1) is 11.1. The standard InChI is InChI=1S/C12H19NO/c1-4-9(3)12(13)10-6-5-8(2)7-11(10)14/h5-7,9,12,14H,4,13H2,1-3H3/t9?,12-/m0/s1. The fraction of sp³-hybridized carbons (Fsp3) is 0.500. The van der Waals surface area contributed by atoms with E-state index in [1.807, 2.05) is 19.1 Å². The molecule has 2 atom stereocenters. The van der Waals surface area contributed by atoms with E-state index in [0.29, 0.717) is 11.7 Å². The third kappa shape index (κ3) is 2.26. The van der Waals surface area contributed by atoms with Crippen LogP contribution in [0.2, 0.25) is 0 Å². The Labute approximate surface area is 85.8 Å². The Hall–Kier alpha value is -1.02. The summed E-state index contributed by atoms with van der Waals surface area (Å²) >= 11 is 0. The summed E-state index contributed by atoms with van der Waals surface area (Å²) in [6.45, 7) is 6.16. The molecule has 0 aliphatic rings. The van der Waals surface area contributed by atoms with Crippen molar-refractivity contribution in [2.24, 2.45) is 11.7 Å². The van der Waals surface area contributed by atoms with Crippen LogP contribution in [-0.2, 0) is 0 Å². The molecule has 1 aromatic carbocycles. The highest BCUT2D eigenvalue weighted by Gasteiger charge is 2.16. The van der Waals surface area contributed by atoms with Crippen LogP contribution < -0.4 is 5.73 Å². The van der Waals surface area contributed by atoms with Crippen LogP contribution >= 0.6 is 0 Å². The number of rotatable bonds is 3. The van der Waals surface area contributed by atoms with Gasteiger partial charge in [0.05, 0.1) is 0 Å². The highest BCUT2D eigenvalue weighted by Crippen LogP contribution is 2.29. The minimum absolute atomic E-state index is 0.0689. The van der Waals surface area contributed by atoms with Crippen LogP contribution in [0.15, 0.2) is 18.2 Å². The fourth-order valence-corrected chi connectivity index (χ4v) is 1.50. The van der Waals surface area contributed by atoms with Gasteiger partial charge in [0, 0.05) is 11.6 Å². The second kappa shape index (κ2) is 4.47. The van der Waals surface area contributed by atoms with Gasteiger partial charge in [-0.05, 0) is 24.5 Å². The second-order valence-corrected chi connectivity index (χ2v) is 3.97. The number of phenols is 1. The van der Waals surface area contributed by atoms with Crippen LogP contribution in [0.25, 0.3) is 0 Å². The molecule has 0 aliphatic carbocycles. The topological polar surface area (TPSA) is 46.2 Å². The van der Waals surface area contributed by atoms with Crippen molar-refractivity contribution in [1.29, 1.82) is 0 Å². The maximum absolute atomic E-state index is 9.73. The third-order valence-electron chi connectivity index (χ3n) is 2.80. The first-order valence-electron chi connectivity index (χ1n) is 5.11. The zero-order valence-electron chi connectivity index (χ0n) is 9.12. The van der Waals surface area contributed by atoms with Gasteiger partial charge in [0.25, 0.3) is 0 Å². The van der Waals surface area contributed by atoms with Gasteiger partial charge < -0.3 is 10.8 Å². The lowest BCUT2D eigenvalue weighted by Gasteiger charge is -2.19. The second-order valence-electron chi connectivity index (χ2n) is 3.97. The van der Waals surface area contributed by atoms with Gasteiger partial charge in [-0.25, -0.2) is 0 Å². The Balaban J connectivity index is 2.95. The van der Waals surface area contributed by atoms with Crippen molar-refractivity contribution in [2.75, 3.05) is 0 Å². The molecule has 0 heterocycles. The number of nitrogens with two attached hydrogens (primary N) is 1. The van der Waals surface area contributed by atoms with E-state index in [1.165, 1.54) is 0 Å². The van der Waals surface area contributed by atoms with Crippen molar-refractivity contribution in [2.45, 2.75) is 33.2 Å². The average Bonchev–Trinajstić information content (AvgIpc) is 2.15. The molecule has 0 aromatic heterocycles. The van der Waals surface area contributed by atoms with Crippen LogP contribution in [-0.4, -0.2) is 5.11 Å². The zero-order chi connectivity index (χ0) is 10.7. The van der Waals surface area contributed by atoms with Crippen molar-refractivity contribution in [3.8, 4) is 5.75 Å². The van der Waals surface area contributed by atoms with E-state index in [0.717, 1.165) is 17.5 Å². The van der Waals surface area contributed by atoms with Crippen LogP contribution in [0.3, 0.4) is 0 Å². The molecule has 0 spiro atoms. The van der Waals surface area contributed by atoms with E-state index in [9.17, 15) is 5.11 Å². The Morgan fingerprint density at radius 3 is 2.57 bits per heavy atom. The monoisotopic (exact) mass is 193 g/mol. The van der Waals surface area contributed by atoms with E-state index in [4.69, 9.17) is 5.73 Å². The Kier molecular flexibility index (Phi) is 3.53. The molecule has 78 valence electrons. The normalized spacial score (nSPS) is 15.1. The van der Waals surface area contributed by atoms with Gasteiger partial charge in [0.2, 0.25) is 0 Å². The molecule has 0 aliphatic heterocycles. The number of aromatic hydroxyl groups is 1. The van der Waals surface area contributed by atoms with Crippen molar-refractivity contribution >= 4 is 0 Å². The molecule has 0 saturated carbocycles. The first-order chi connectivity index (χ1) is 6.56. The summed E-state index contributed by atoms with van der Waals surface area (Å²) in [5.41, 5.74) is 7.95. The summed E-state index contributed by atoms with van der Waals surface area (Å²) in [5.74, 6) is 0.710. The molecule has 3 N–H and O–H groups in total. The predicted octanol–water partition coefficient (Wildman–Crippen LogP) is 2.75. The molecule has 0 amide bonds. The number of hydrogen-bond acceptors (Lipinski definition) is 2. The summed E-state index contributed by atoms with van der Waals surface area (Å²) in [4.78, 5) is 0. The number of benzene rings is 1. The minimum Gasteiger partial charge on any atom is -0.508 e. The van der Waals surface area contributed by atoms with Gasteiger partial charge in [-0.1, -0.05) is 32.4 Å². The highest BCUT2D eigenvalue weighted by atomic mass is 16.3. The molecular formula is C12H19NO. The molecule has 0 bridgehead atoms. The molecule has 0 radical (unpaired) electrons. The summed E-state index contributed by atoms with van der Waals surface area (Å²) in [5, 5.41) is 9.73. The van der Waals surface area contributed by atoms with Crippen LogP contribution in [0.5, 0.6) is 5.75 Å². The maximum Gasteiger partial charge on any atom is 0.120 e. The Bertz CT molecular complexity index is 309. The van der Waals surface area contributed by atoms with Crippen LogP contribution in [0.4, 0.5) is 0 Å². The van der Waals surface area contributed by atoms with Gasteiger partial charge >= 0.3 is 0 Å². The molecule has 2 nitrogen and oxygen atoms in total. The lowest BCUT2D eigenvalue weighted by molar-refractivity contribution is 0.419. The largest absolute Gasteiger partial charge is 0.508 e. The SMILES string of the molecule is CCC(C)[C@H](N)c1ccc(C)cc1O. The third-order valence-corrected chi connectivity index (χ3v) is 2.80. The van der Waals surface area contributed by atoms with Gasteiger partial charge in [0.1, 0.15) is 5.75 Å². The zero-order valence-corrected chi connectivity index (χ0v) is 9.12. The highest BCUT2D eigenvalue weighted by molar-refractivity contribution is 5.38. The van der Waals surface area contributed by atoms with Crippen molar-refractivity contribution in [1.82, 2.24) is 0 Å².